The van der Waals surface area contributed by atoms with Crippen molar-refractivity contribution in [3.63, 3.8) is 0 Å². The van der Waals surface area contributed by atoms with E-state index in [2.05, 4.69) is 11.1 Å². The van der Waals surface area contributed by atoms with E-state index in [1.165, 1.54) is 0 Å². The predicted molar refractivity (Wildman–Crippen MR) is 73.4 cm³/mol. The minimum Gasteiger partial charge on any atom is -0.396 e. The lowest BCUT2D eigenvalue weighted by atomic mass is 10.1. The van der Waals surface area contributed by atoms with Crippen molar-refractivity contribution in [2.75, 3.05) is 12.4 Å². The Morgan fingerprint density at radius 1 is 1.44 bits per heavy atom. The maximum absolute atomic E-state index is 9.16. The molecule has 0 saturated heterocycles. The van der Waals surface area contributed by atoms with Crippen LogP contribution in [0.15, 0.2) is 35.4 Å². The van der Waals surface area contributed by atoms with E-state index in [-0.39, 0.29) is 12.5 Å². The topological polar surface area (TPSA) is 56.9 Å². The number of nitrogens with zero attached hydrogens (tertiary/aromatic N) is 2. The first-order valence-corrected chi connectivity index (χ1v) is 6.76. The van der Waals surface area contributed by atoms with Crippen molar-refractivity contribution in [2.24, 2.45) is 5.92 Å². The highest BCUT2D eigenvalue weighted by molar-refractivity contribution is 7.99. The Morgan fingerprint density at radius 2 is 2.22 bits per heavy atom. The molecule has 4 heteroatoms. The zero-order valence-electron chi connectivity index (χ0n) is 10.1. The van der Waals surface area contributed by atoms with Crippen LogP contribution in [0.2, 0.25) is 0 Å². The molecule has 3 nitrogen and oxygen atoms in total. The van der Waals surface area contributed by atoms with Crippen molar-refractivity contribution in [3.05, 3.63) is 35.9 Å². The van der Waals surface area contributed by atoms with Crippen LogP contribution in [0.5, 0.6) is 0 Å². The largest absolute Gasteiger partial charge is 0.396 e. The van der Waals surface area contributed by atoms with E-state index >= 15 is 0 Å². The standard InChI is InChI=1S/C14H14N2OS/c1-10(8-17)9-18-14-6-11(7-15)12-4-2-3-5-13(12)16-14/h2-6,10,17H,8-9H2,1H3. The number of aromatic nitrogens is 1. The molecule has 0 radical (unpaired) electrons. The lowest BCUT2D eigenvalue weighted by molar-refractivity contribution is 0.250. The van der Waals surface area contributed by atoms with Crippen molar-refractivity contribution >= 4 is 22.7 Å². The Labute approximate surface area is 110 Å². The van der Waals surface area contributed by atoms with Crippen LogP contribution >= 0.6 is 11.8 Å². The van der Waals surface area contributed by atoms with Crippen LogP contribution in [0.4, 0.5) is 0 Å². The molecule has 0 bridgehead atoms. The van der Waals surface area contributed by atoms with Crippen LogP contribution in [0.25, 0.3) is 10.9 Å². The molecule has 2 rings (SSSR count). The summed E-state index contributed by atoms with van der Waals surface area (Å²) in [6.45, 7) is 2.16. The van der Waals surface area contributed by atoms with E-state index < -0.39 is 0 Å². The lowest BCUT2D eigenvalue weighted by Crippen LogP contribution is -2.03. The highest BCUT2D eigenvalue weighted by Crippen LogP contribution is 2.24. The van der Waals surface area contributed by atoms with Gasteiger partial charge < -0.3 is 5.11 Å². The molecule has 0 amide bonds. The highest BCUT2D eigenvalue weighted by Gasteiger charge is 2.07. The third-order valence-corrected chi connectivity index (χ3v) is 3.88. The number of para-hydroxylation sites is 1. The summed E-state index contributed by atoms with van der Waals surface area (Å²) in [5, 5.41) is 19.9. The molecule has 1 N–H and O–H groups in total. The third kappa shape index (κ3) is 2.81. The van der Waals surface area contributed by atoms with Crippen LogP contribution < -0.4 is 0 Å². The minimum atomic E-state index is 0.172. The number of hydrogen-bond donors (Lipinski definition) is 1. The minimum absolute atomic E-state index is 0.172. The SMILES string of the molecule is CC(CO)CSc1cc(C#N)c2ccccc2n1. The Morgan fingerprint density at radius 3 is 2.94 bits per heavy atom. The number of fused-ring (bicyclic) bond motifs is 1. The van der Waals surface area contributed by atoms with Crippen LogP contribution in [-0.2, 0) is 0 Å². The van der Waals surface area contributed by atoms with E-state index in [1.807, 2.05) is 37.3 Å². The average molecular weight is 258 g/mol. The normalized spacial score (nSPS) is 12.3. The summed E-state index contributed by atoms with van der Waals surface area (Å²) in [5.41, 5.74) is 1.50. The molecular weight excluding hydrogens is 244 g/mol. The molecule has 1 unspecified atom stereocenters. The number of hydrogen-bond acceptors (Lipinski definition) is 4. The third-order valence-electron chi connectivity index (χ3n) is 2.64. The maximum atomic E-state index is 9.16. The average Bonchev–Trinajstić information content (AvgIpc) is 2.43. The monoisotopic (exact) mass is 258 g/mol. The van der Waals surface area contributed by atoms with E-state index in [1.54, 1.807) is 11.8 Å². The predicted octanol–water partition coefficient (Wildman–Crippen LogP) is 2.83. The van der Waals surface area contributed by atoms with Gasteiger partial charge in [0.2, 0.25) is 0 Å². The fourth-order valence-electron chi connectivity index (χ4n) is 1.60. The quantitative estimate of drug-likeness (QED) is 0.857. The molecule has 2 aromatic rings. The van der Waals surface area contributed by atoms with Crippen molar-refractivity contribution < 1.29 is 5.11 Å². The molecule has 18 heavy (non-hydrogen) atoms. The molecule has 0 fully saturated rings. The summed E-state index contributed by atoms with van der Waals surface area (Å²) in [5.74, 6) is 1.03. The van der Waals surface area contributed by atoms with Crippen molar-refractivity contribution in [2.45, 2.75) is 11.9 Å². The van der Waals surface area contributed by atoms with Gasteiger partial charge in [0.05, 0.1) is 22.2 Å². The molecule has 0 saturated carbocycles. The first kappa shape index (κ1) is 12.9. The first-order chi connectivity index (χ1) is 8.74. The fourth-order valence-corrected chi connectivity index (χ4v) is 2.52. The van der Waals surface area contributed by atoms with E-state index in [0.717, 1.165) is 21.7 Å². The smallest absolute Gasteiger partial charge is 0.0999 e. The van der Waals surface area contributed by atoms with Gasteiger partial charge in [-0.2, -0.15) is 5.26 Å². The second-order valence-corrected chi connectivity index (χ2v) is 5.28. The molecule has 1 heterocycles. The summed E-state index contributed by atoms with van der Waals surface area (Å²) in [6, 6.07) is 11.7. The van der Waals surface area contributed by atoms with E-state index in [9.17, 15) is 0 Å². The number of pyridine rings is 1. The zero-order chi connectivity index (χ0) is 13.0. The van der Waals surface area contributed by atoms with Gasteiger partial charge in [0.15, 0.2) is 0 Å². The second kappa shape index (κ2) is 5.85. The number of rotatable bonds is 4. The van der Waals surface area contributed by atoms with Crippen molar-refractivity contribution in [1.29, 1.82) is 5.26 Å². The molecule has 0 spiro atoms. The molecule has 0 aliphatic carbocycles. The van der Waals surface area contributed by atoms with Crippen molar-refractivity contribution in [3.8, 4) is 6.07 Å². The van der Waals surface area contributed by atoms with E-state index in [0.29, 0.717) is 5.56 Å². The zero-order valence-corrected chi connectivity index (χ0v) is 10.9. The summed E-state index contributed by atoms with van der Waals surface area (Å²) < 4.78 is 0. The van der Waals surface area contributed by atoms with Gasteiger partial charge in [0.25, 0.3) is 0 Å². The van der Waals surface area contributed by atoms with Gasteiger partial charge in [0, 0.05) is 17.7 Å². The maximum Gasteiger partial charge on any atom is 0.0999 e. The lowest BCUT2D eigenvalue weighted by Gasteiger charge is -2.08. The van der Waals surface area contributed by atoms with Gasteiger partial charge in [0.1, 0.15) is 0 Å². The number of thioether (sulfide) groups is 1. The number of benzene rings is 1. The fraction of sp³-hybridized carbons (Fsp3) is 0.286. The summed E-state index contributed by atoms with van der Waals surface area (Å²) >= 11 is 1.58. The van der Waals surface area contributed by atoms with E-state index in [4.69, 9.17) is 10.4 Å². The van der Waals surface area contributed by atoms with Crippen LogP contribution in [0.3, 0.4) is 0 Å². The van der Waals surface area contributed by atoms with Gasteiger partial charge in [-0.25, -0.2) is 4.98 Å². The number of nitriles is 1. The molecule has 1 atom stereocenters. The highest BCUT2D eigenvalue weighted by atomic mass is 32.2. The molecule has 1 aromatic heterocycles. The second-order valence-electron chi connectivity index (χ2n) is 4.24. The Bertz CT molecular complexity index is 592. The Kier molecular flexibility index (Phi) is 4.19. The molecular formula is C14H14N2OS. The number of aliphatic hydroxyl groups excluding tert-OH is 1. The molecule has 92 valence electrons. The number of aliphatic hydroxyl groups is 1. The van der Waals surface area contributed by atoms with Gasteiger partial charge in [-0.1, -0.05) is 25.1 Å². The van der Waals surface area contributed by atoms with Crippen LogP contribution in [0, 0.1) is 17.2 Å². The van der Waals surface area contributed by atoms with Crippen molar-refractivity contribution in [1.82, 2.24) is 4.98 Å². The Balaban J connectivity index is 2.33. The molecule has 0 aliphatic rings. The Hall–Kier alpha value is -1.57. The summed E-state index contributed by atoms with van der Waals surface area (Å²) in [6.07, 6.45) is 0. The van der Waals surface area contributed by atoms with Gasteiger partial charge >= 0.3 is 0 Å². The molecule has 0 aliphatic heterocycles. The molecule has 1 aromatic carbocycles. The summed E-state index contributed by atoms with van der Waals surface area (Å²) in [4.78, 5) is 4.52. The van der Waals surface area contributed by atoms with Gasteiger partial charge in [-0.05, 0) is 18.1 Å². The van der Waals surface area contributed by atoms with Crippen LogP contribution in [-0.4, -0.2) is 22.5 Å². The van der Waals surface area contributed by atoms with Gasteiger partial charge in [-0.15, -0.1) is 11.8 Å². The van der Waals surface area contributed by atoms with Gasteiger partial charge in [-0.3, -0.25) is 0 Å². The van der Waals surface area contributed by atoms with Crippen LogP contribution in [0.1, 0.15) is 12.5 Å². The first-order valence-electron chi connectivity index (χ1n) is 5.78. The summed E-state index contributed by atoms with van der Waals surface area (Å²) in [7, 11) is 0.